The Balaban J connectivity index is 2.12. The normalized spacial score (nSPS) is 19.4. The Morgan fingerprint density at radius 1 is 1.52 bits per heavy atom. The third-order valence-corrected chi connectivity index (χ3v) is 5.14. The fraction of sp³-hybridized carbons (Fsp3) is 0.615. The van der Waals surface area contributed by atoms with Crippen LogP contribution in [-0.4, -0.2) is 39.7 Å². The predicted octanol–water partition coefficient (Wildman–Crippen LogP) is 1.98. The van der Waals surface area contributed by atoms with Crippen molar-refractivity contribution in [1.29, 1.82) is 0 Å². The summed E-state index contributed by atoms with van der Waals surface area (Å²) in [5.41, 5.74) is 0. The lowest BCUT2D eigenvalue weighted by atomic mass is 10.0. The molecule has 1 aliphatic rings. The Morgan fingerprint density at radius 3 is 3.00 bits per heavy atom. The summed E-state index contributed by atoms with van der Waals surface area (Å²) in [4.78, 5) is 4.29. The zero-order valence-electron chi connectivity index (χ0n) is 11.9. The molecule has 1 fully saturated rings. The van der Waals surface area contributed by atoms with Crippen LogP contribution in [0.25, 0.3) is 0 Å². The van der Waals surface area contributed by atoms with Crippen molar-refractivity contribution in [2.24, 2.45) is 5.92 Å². The molecule has 2 rings (SSSR count). The molecule has 21 heavy (non-hydrogen) atoms. The molecule has 1 unspecified atom stereocenters. The van der Waals surface area contributed by atoms with Gasteiger partial charge in [-0.15, -0.1) is 0 Å². The van der Waals surface area contributed by atoms with Gasteiger partial charge in [-0.2, -0.15) is 0 Å². The minimum absolute atomic E-state index is 0.162. The van der Waals surface area contributed by atoms with Crippen LogP contribution in [0.3, 0.4) is 0 Å². The predicted molar refractivity (Wildman–Crippen MR) is 84.8 cm³/mol. The van der Waals surface area contributed by atoms with Gasteiger partial charge in [-0.05, 0) is 47.7 Å². The van der Waals surface area contributed by atoms with Crippen LogP contribution in [0.1, 0.15) is 19.8 Å². The molecule has 1 atom stereocenters. The Kier molecular flexibility index (Phi) is 5.98. The molecule has 2 N–H and O–H groups in total. The number of pyridine rings is 1. The van der Waals surface area contributed by atoms with Gasteiger partial charge in [0.25, 0.3) is 0 Å². The highest BCUT2D eigenvalue weighted by Crippen LogP contribution is 2.23. The number of nitrogens with zero attached hydrogens (tertiary/aromatic N) is 1. The first kappa shape index (κ1) is 16.7. The summed E-state index contributed by atoms with van der Waals surface area (Å²) in [6, 6.07) is 1.56. The minimum atomic E-state index is -3.60. The van der Waals surface area contributed by atoms with Gasteiger partial charge in [-0.1, -0.05) is 0 Å². The topological polar surface area (TPSA) is 80.3 Å². The van der Waals surface area contributed by atoms with Gasteiger partial charge in [0.2, 0.25) is 10.0 Å². The van der Waals surface area contributed by atoms with Gasteiger partial charge in [-0.3, -0.25) is 0 Å². The van der Waals surface area contributed by atoms with Crippen LogP contribution >= 0.6 is 15.9 Å². The zero-order valence-corrected chi connectivity index (χ0v) is 14.3. The van der Waals surface area contributed by atoms with E-state index >= 15 is 0 Å². The molecule has 118 valence electrons. The van der Waals surface area contributed by atoms with Crippen LogP contribution in [0.4, 0.5) is 5.82 Å². The molecule has 6 nitrogen and oxygen atoms in total. The number of rotatable bonds is 6. The summed E-state index contributed by atoms with van der Waals surface area (Å²) in [6.45, 7) is 4.27. The van der Waals surface area contributed by atoms with Crippen LogP contribution in [0.5, 0.6) is 0 Å². The number of aromatic nitrogens is 1. The highest BCUT2D eigenvalue weighted by Gasteiger charge is 2.22. The van der Waals surface area contributed by atoms with Gasteiger partial charge in [0, 0.05) is 30.4 Å². The van der Waals surface area contributed by atoms with Crippen molar-refractivity contribution in [2.75, 3.05) is 31.6 Å². The first-order valence-electron chi connectivity index (χ1n) is 6.99. The quantitative estimate of drug-likeness (QED) is 0.791. The second-order valence-corrected chi connectivity index (χ2v) is 7.62. The Hall–Kier alpha value is -0.700. The van der Waals surface area contributed by atoms with Gasteiger partial charge in [0.1, 0.15) is 10.7 Å². The van der Waals surface area contributed by atoms with E-state index in [0.717, 1.165) is 19.4 Å². The summed E-state index contributed by atoms with van der Waals surface area (Å²) in [7, 11) is -3.60. The first-order chi connectivity index (χ1) is 10.0. The average molecular weight is 378 g/mol. The second-order valence-electron chi connectivity index (χ2n) is 4.97. The highest BCUT2D eigenvalue weighted by molar-refractivity contribution is 9.10. The number of hydrogen-bond acceptors (Lipinski definition) is 5. The molecule has 2 heterocycles. The summed E-state index contributed by atoms with van der Waals surface area (Å²) < 4.78 is 33.6. The summed E-state index contributed by atoms with van der Waals surface area (Å²) >= 11 is 3.27. The van der Waals surface area contributed by atoms with E-state index in [1.54, 1.807) is 12.3 Å². The third kappa shape index (κ3) is 4.64. The average Bonchev–Trinajstić information content (AvgIpc) is 2.48. The zero-order chi connectivity index (χ0) is 15.3. The van der Waals surface area contributed by atoms with E-state index in [2.05, 4.69) is 31.0 Å². The van der Waals surface area contributed by atoms with Crippen molar-refractivity contribution < 1.29 is 13.2 Å². The maximum absolute atomic E-state index is 12.5. The van der Waals surface area contributed by atoms with E-state index < -0.39 is 10.0 Å². The van der Waals surface area contributed by atoms with Gasteiger partial charge in [-0.25, -0.2) is 18.1 Å². The van der Waals surface area contributed by atoms with Crippen molar-refractivity contribution in [3.05, 3.63) is 16.7 Å². The second kappa shape index (κ2) is 7.53. The number of halogens is 1. The maximum atomic E-state index is 12.5. The molecule has 1 aromatic heterocycles. The van der Waals surface area contributed by atoms with Gasteiger partial charge in [0.15, 0.2) is 0 Å². The van der Waals surface area contributed by atoms with Crippen molar-refractivity contribution >= 4 is 31.8 Å². The monoisotopic (exact) mass is 377 g/mol. The number of anilines is 1. The molecule has 1 saturated heterocycles. The van der Waals surface area contributed by atoms with Crippen molar-refractivity contribution in [3.63, 3.8) is 0 Å². The number of sulfonamides is 1. The van der Waals surface area contributed by atoms with Gasteiger partial charge >= 0.3 is 0 Å². The molecule has 0 spiro atoms. The number of hydrogen-bond donors (Lipinski definition) is 2. The Labute approximate surface area is 133 Å². The number of ether oxygens (including phenoxy) is 1. The molecule has 0 amide bonds. The van der Waals surface area contributed by atoms with Crippen molar-refractivity contribution in [1.82, 2.24) is 9.71 Å². The lowest BCUT2D eigenvalue weighted by Gasteiger charge is -2.22. The molecule has 8 heteroatoms. The summed E-state index contributed by atoms with van der Waals surface area (Å²) in [5.74, 6) is 0.601. The SMILES string of the molecule is CCNc1ncc(Br)cc1S(=O)(=O)NCC1CCCOC1. The van der Waals surface area contributed by atoms with Crippen LogP contribution in [0, 0.1) is 5.92 Å². The molecule has 1 aliphatic heterocycles. The lowest BCUT2D eigenvalue weighted by Crippen LogP contribution is -2.33. The maximum Gasteiger partial charge on any atom is 0.244 e. The van der Waals surface area contributed by atoms with Crippen LogP contribution in [0.15, 0.2) is 21.6 Å². The van der Waals surface area contributed by atoms with Crippen LogP contribution < -0.4 is 10.0 Å². The van der Waals surface area contributed by atoms with E-state index in [0.29, 0.717) is 30.0 Å². The smallest absolute Gasteiger partial charge is 0.244 e. The summed E-state index contributed by atoms with van der Waals surface area (Å²) in [5, 5.41) is 2.97. The molecular formula is C13H20BrN3O3S. The van der Waals surface area contributed by atoms with E-state index in [-0.39, 0.29) is 10.8 Å². The Morgan fingerprint density at radius 2 is 2.33 bits per heavy atom. The molecular weight excluding hydrogens is 358 g/mol. The lowest BCUT2D eigenvalue weighted by molar-refractivity contribution is 0.0568. The molecule has 0 bridgehead atoms. The van der Waals surface area contributed by atoms with E-state index in [1.807, 2.05) is 6.92 Å². The van der Waals surface area contributed by atoms with E-state index in [9.17, 15) is 8.42 Å². The highest BCUT2D eigenvalue weighted by atomic mass is 79.9. The van der Waals surface area contributed by atoms with E-state index in [4.69, 9.17) is 4.74 Å². The van der Waals surface area contributed by atoms with Crippen molar-refractivity contribution in [3.8, 4) is 0 Å². The largest absolute Gasteiger partial charge is 0.381 e. The molecule has 0 radical (unpaired) electrons. The van der Waals surface area contributed by atoms with Crippen molar-refractivity contribution in [2.45, 2.75) is 24.7 Å². The molecule has 0 aromatic carbocycles. The fourth-order valence-corrected chi connectivity index (χ4v) is 3.95. The Bertz CT molecular complexity index is 574. The summed E-state index contributed by atoms with van der Waals surface area (Å²) in [6.07, 6.45) is 3.54. The fourth-order valence-electron chi connectivity index (χ4n) is 2.20. The molecule has 0 aliphatic carbocycles. The van der Waals surface area contributed by atoms with Crippen LogP contribution in [0.2, 0.25) is 0 Å². The third-order valence-electron chi connectivity index (χ3n) is 3.27. The first-order valence-corrected chi connectivity index (χ1v) is 9.27. The van der Waals surface area contributed by atoms with Gasteiger partial charge < -0.3 is 10.1 Å². The standard InChI is InChI=1S/C13H20BrN3O3S/c1-2-15-13-12(6-11(14)8-16-13)21(18,19)17-7-10-4-3-5-20-9-10/h6,8,10,17H,2-5,7,9H2,1H3,(H,15,16). The molecule has 1 aromatic rings. The van der Waals surface area contributed by atoms with Gasteiger partial charge in [0.05, 0.1) is 6.61 Å². The minimum Gasteiger partial charge on any atom is -0.381 e. The molecule has 0 saturated carbocycles. The number of nitrogens with one attached hydrogen (secondary N) is 2. The van der Waals surface area contributed by atoms with E-state index in [1.165, 1.54) is 0 Å². The van der Waals surface area contributed by atoms with Crippen LogP contribution in [-0.2, 0) is 14.8 Å².